The van der Waals surface area contributed by atoms with E-state index >= 15 is 0 Å². The standard InChI is InChI=1S/C21H28N6O/c1-16-11-18(22-2)25-20(24-16)26-10-4-7-21(14-26)8-6-19(28)27(15-21)13-17-5-3-9-23-12-17/h3,5,9,11-12H,4,6-8,10,13-15H2,1-2H3,(H,22,24,25). The lowest BCUT2D eigenvalue weighted by atomic mass is 9.73. The van der Waals surface area contributed by atoms with Crippen LogP contribution in [0.4, 0.5) is 11.8 Å². The monoisotopic (exact) mass is 380 g/mol. The first-order valence-electron chi connectivity index (χ1n) is 10.0. The van der Waals surface area contributed by atoms with Crippen molar-refractivity contribution in [3.63, 3.8) is 0 Å². The van der Waals surface area contributed by atoms with Crippen LogP contribution in [0.1, 0.15) is 36.9 Å². The number of pyridine rings is 1. The summed E-state index contributed by atoms with van der Waals surface area (Å²) >= 11 is 0. The van der Waals surface area contributed by atoms with Gasteiger partial charge in [-0.2, -0.15) is 4.98 Å². The van der Waals surface area contributed by atoms with Gasteiger partial charge in [-0.3, -0.25) is 9.78 Å². The van der Waals surface area contributed by atoms with Crippen molar-refractivity contribution in [2.24, 2.45) is 5.41 Å². The average molecular weight is 380 g/mol. The molecule has 2 aromatic heterocycles. The first-order valence-corrected chi connectivity index (χ1v) is 10.0. The Bertz CT molecular complexity index is 842. The van der Waals surface area contributed by atoms with Gasteiger partial charge in [0.05, 0.1) is 0 Å². The number of amides is 1. The smallest absolute Gasteiger partial charge is 0.227 e. The first kappa shape index (κ1) is 18.7. The van der Waals surface area contributed by atoms with E-state index in [1.807, 2.05) is 43.3 Å². The van der Waals surface area contributed by atoms with Crippen LogP contribution in [0.15, 0.2) is 30.6 Å². The minimum atomic E-state index is 0.112. The lowest BCUT2D eigenvalue weighted by Gasteiger charge is -2.48. The van der Waals surface area contributed by atoms with E-state index in [4.69, 9.17) is 0 Å². The molecule has 1 atom stereocenters. The average Bonchev–Trinajstić information content (AvgIpc) is 2.71. The largest absolute Gasteiger partial charge is 0.373 e. The molecule has 148 valence electrons. The molecule has 28 heavy (non-hydrogen) atoms. The van der Waals surface area contributed by atoms with E-state index in [-0.39, 0.29) is 11.3 Å². The van der Waals surface area contributed by atoms with E-state index in [9.17, 15) is 4.79 Å². The maximum absolute atomic E-state index is 12.6. The number of aryl methyl sites for hydroxylation is 1. The van der Waals surface area contributed by atoms with Gasteiger partial charge in [-0.1, -0.05) is 6.07 Å². The zero-order chi connectivity index (χ0) is 19.6. The second kappa shape index (κ2) is 7.73. The summed E-state index contributed by atoms with van der Waals surface area (Å²) < 4.78 is 0. The van der Waals surface area contributed by atoms with E-state index in [2.05, 4.69) is 25.2 Å². The van der Waals surface area contributed by atoms with E-state index < -0.39 is 0 Å². The molecule has 4 heterocycles. The maximum atomic E-state index is 12.6. The van der Waals surface area contributed by atoms with Crippen LogP contribution in [0, 0.1) is 12.3 Å². The van der Waals surface area contributed by atoms with Gasteiger partial charge in [0.1, 0.15) is 5.82 Å². The summed E-state index contributed by atoms with van der Waals surface area (Å²) in [6.45, 7) is 5.29. The third kappa shape index (κ3) is 3.93. The first-order chi connectivity index (χ1) is 13.6. The molecule has 2 aromatic rings. The zero-order valence-corrected chi connectivity index (χ0v) is 16.7. The predicted molar refractivity (Wildman–Crippen MR) is 109 cm³/mol. The number of nitrogens with one attached hydrogen (secondary N) is 1. The minimum absolute atomic E-state index is 0.112. The van der Waals surface area contributed by atoms with Crippen molar-refractivity contribution in [3.8, 4) is 0 Å². The van der Waals surface area contributed by atoms with Crippen LogP contribution >= 0.6 is 0 Å². The fourth-order valence-electron chi connectivity index (χ4n) is 4.49. The summed E-state index contributed by atoms with van der Waals surface area (Å²) in [5, 5.41) is 3.12. The van der Waals surface area contributed by atoms with Crippen molar-refractivity contribution in [2.45, 2.75) is 39.2 Å². The number of carbonyl (C=O) groups is 1. The number of hydrogen-bond donors (Lipinski definition) is 1. The molecule has 2 fully saturated rings. The van der Waals surface area contributed by atoms with Crippen molar-refractivity contribution >= 4 is 17.7 Å². The Hall–Kier alpha value is -2.70. The van der Waals surface area contributed by atoms with Gasteiger partial charge in [0, 0.05) is 69.2 Å². The highest BCUT2D eigenvalue weighted by Crippen LogP contribution is 2.40. The predicted octanol–water partition coefficient (Wildman–Crippen LogP) is 2.63. The van der Waals surface area contributed by atoms with Crippen LogP contribution in [-0.4, -0.2) is 52.4 Å². The van der Waals surface area contributed by atoms with Gasteiger partial charge in [-0.25, -0.2) is 4.98 Å². The lowest BCUT2D eigenvalue weighted by Crippen LogP contribution is -2.54. The molecule has 1 unspecified atom stereocenters. The highest BCUT2D eigenvalue weighted by molar-refractivity contribution is 5.77. The van der Waals surface area contributed by atoms with Gasteiger partial charge < -0.3 is 15.1 Å². The van der Waals surface area contributed by atoms with Crippen molar-refractivity contribution in [2.75, 3.05) is 36.9 Å². The molecule has 2 saturated heterocycles. The summed E-state index contributed by atoms with van der Waals surface area (Å²) in [4.78, 5) is 30.4. The minimum Gasteiger partial charge on any atom is -0.373 e. The molecular formula is C21H28N6O. The van der Waals surface area contributed by atoms with Gasteiger partial charge in [-0.05, 0) is 37.8 Å². The van der Waals surface area contributed by atoms with E-state index in [0.717, 1.165) is 61.9 Å². The van der Waals surface area contributed by atoms with Crippen LogP contribution < -0.4 is 10.2 Å². The Morgan fingerprint density at radius 1 is 1.25 bits per heavy atom. The number of nitrogens with zero attached hydrogens (tertiary/aromatic N) is 5. The van der Waals surface area contributed by atoms with E-state index in [1.54, 1.807) is 6.20 Å². The highest BCUT2D eigenvalue weighted by atomic mass is 16.2. The number of likely N-dealkylation sites (tertiary alicyclic amines) is 1. The summed E-state index contributed by atoms with van der Waals surface area (Å²) in [7, 11) is 1.88. The molecule has 1 amide bonds. The molecule has 1 spiro atoms. The van der Waals surface area contributed by atoms with Gasteiger partial charge in [0.2, 0.25) is 11.9 Å². The Labute approximate surface area is 166 Å². The maximum Gasteiger partial charge on any atom is 0.227 e. The van der Waals surface area contributed by atoms with Gasteiger partial charge in [0.15, 0.2) is 0 Å². The molecule has 0 aromatic carbocycles. The van der Waals surface area contributed by atoms with Crippen molar-refractivity contribution < 1.29 is 4.79 Å². The molecule has 4 rings (SSSR count). The second-order valence-electron chi connectivity index (χ2n) is 8.08. The SMILES string of the molecule is CNc1cc(C)nc(N2CCCC3(CCC(=O)N(Cc4cccnc4)C3)C2)n1. The lowest BCUT2D eigenvalue weighted by molar-refractivity contribution is -0.138. The summed E-state index contributed by atoms with van der Waals surface area (Å²) in [6, 6.07) is 5.92. The molecule has 0 aliphatic carbocycles. The quantitative estimate of drug-likeness (QED) is 0.879. The Kier molecular flexibility index (Phi) is 5.15. The topological polar surface area (TPSA) is 74.2 Å². The molecule has 2 aliphatic heterocycles. The molecule has 0 saturated carbocycles. The molecule has 2 aliphatic rings. The van der Waals surface area contributed by atoms with Crippen molar-refractivity contribution in [1.82, 2.24) is 19.9 Å². The third-order valence-electron chi connectivity index (χ3n) is 5.89. The number of hydrogen-bond acceptors (Lipinski definition) is 6. The number of rotatable bonds is 4. The Morgan fingerprint density at radius 3 is 2.93 bits per heavy atom. The molecule has 7 nitrogen and oxygen atoms in total. The highest BCUT2D eigenvalue weighted by Gasteiger charge is 2.42. The summed E-state index contributed by atoms with van der Waals surface area (Å²) in [6.07, 6.45) is 7.41. The van der Waals surface area contributed by atoms with Gasteiger partial charge in [-0.15, -0.1) is 0 Å². The van der Waals surface area contributed by atoms with Crippen molar-refractivity contribution in [3.05, 3.63) is 41.9 Å². The third-order valence-corrected chi connectivity index (χ3v) is 5.89. The summed E-state index contributed by atoms with van der Waals surface area (Å²) in [5.74, 6) is 1.88. The van der Waals surface area contributed by atoms with Crippen molar-refractivity contribution in [1.29, 1.82) is 0 Å². The number of piperidine rings is 2. The number of carbonyl (C=O) groups excluding carboxylic acids is 1. The Morgan fingerprint density at radius 2 is 2.14 bits per heavy atom. The van der Waals surface area contributed by atoms with E-state index in [1.165, 1.54) is 0 Å². The van der Waals surface area contributed by atoms with Gasteiger partial charge in [0.25, 0.3) is 0 Å². The zero-order valence-electron chi connectivity index (χ0n) is 16.7. The van der Waals surface area contributed by atoms with Crippen LogP contribution in [-0.2, 0) is 11.3 Å². The molecule has 1 N–H and O–H groups in total. The van der Waals surface area contributed by atoms with Crippen LogP contribution in [0.2, 0.25) is 0 Å². The summed E-state index contributed by atoms with van der Waals surface area (Å²) in [5.41, 5.74) is 2.16. The normalized spacial score (nSPS) is 22.6. The molecule has 7 heteroatoms. The Balaban J connectivity index is 1.52. The molecule has 0 radical (unpaired) electrons. The number of aromatic nitrogens is 3. The van der Waals surface area contributed by atoms with Crippen LogP contribution in [0.3, 0.4) is 0 Å². The fraction of sp³-hybridized carbons (Fsp3) is 0.524. The number of anilines is 2. The molecule has 0 bridgehead atoms. The fourth-order valence-corrected chi connectivity index (χ4v) is 4.49. The van der Waals surface area contributed by atoms with E-state index in [0.29, 0.717) is 13.0 Å². The van der Waals surface area contributed by atoms with Gasteiger partial charge >= 0.3 is 0 Å². The molecular weight excluding hydrogens is 352 g/mol. The van der Waals surface area contributed by atoms with Crippen LogP contribution in [0.25, 0.3) is 0 Å². The second-order valence-corrected chi connectivity index (χ2v) is 8.08. The van der Waals surface area contributed by atoms with Crippen LogP contribution in [0.5, 0.6) is 0 Å².